The number of fused-ring (bicyclic) bond motifs is 6. The fraction of sp³-hybridized carbons (Fsp3) is 0.469. The SMILES string of the molecule is C=CC(=O)C1[C@H]2CN(c3nc(OC[C@@H]4CCCN4C)nc4c3CCN(c3cccc5c(C6C[C@@H](COc7nc8c(c(N9CC[C@@H]%10C(C(=O)C=C)[C@@H]%10C9)n7)CCN(c7cccc9cccc(Cl)c79)C8)N(C)C6)ccc(Cl)c35)C4)CC[C@@H]12. The van der Waals surface area contributed by atoms with Crippen LogP contribution in [0.2, 0.25) is 10.0 Å². The van der Waals surface area contributed by atoms with Crippen LogP contribution in [0.1, 0.15) is 66.1 Å². The maximum Gasteiger partial charge on any atom is 0.318 e. The molecular weight excluding hydrogens is 1040 g/mol. The van der Waals surface area contributed by atoms with Crippen LogP contribution in [0, 0.1) is 35.5 Å². The summed E-state index contributed by atoms with van der Waals surface area (Å²) in [5.41, 5.74) is 7.78. The highest BCUT2D eigenvalue weighted by Gasteiger charge is 2.57. The number of halogens is 2. The molecule has 8 heterocycles. The molecule has 3 unspecified atom stereocenters. The van der Waals surface area contributed by atoms with Gasteiger partial charge in [0.2, 0.25) is 0 Å². The monoisotopic (exact) mass is 1110 g/mol. The molecule has 0 radical (unpaired) electrons. The van der Waals surface area contributed by atoms with Gasteiger partial charge in [-0.25, -0.2) is 0 Å². The van der Waals surface area contributed by atoms with Crippen LogP contribution in [0.15, 0.2) is 92.0 Å². The minimum absolute atomic E-state index is 0.0590. The lowest BCUT2D eigenvalue weighted by Gasteiger charge is -2.35. The summed E-state index contributed by atoms with van der Waals surface area (Å²) in [5.74, 6) is 4.11. The summed E-state index contributed by atoms with van der Waals surface area (Å²) >= 11 is 14.2. The van der Waals surface area contributed by atoms with Crippen LogP contribution >= 0.6 is 23.2 Å². The van der Waals surface area contributed by atoms with Gasteiger partial charge in [0.05, 0.1) is 34.5 Å². The van der Waals surface area contributed by atoms with Crippen LogP contribution < -0.4 is 29.1 Å². The van der Waals surface area contributed by atoms with E-state index in [1.54, 1.807) is 0 Å². The highest BCUT2D eigenvalue weighted by atomic mass is 35.5. The standard InChI is InChI=1S/C64H70Cl2N10O4/c1-5-55(77)58-43-20-27-75(31-47(43)58)61-46-23-26-74(34-52(46)67-63(69-61)79-35-39-13-10-24-71(39)3)54-17-9-14-42-41(18-19-50(66)60(42)54)38-29-40(72(4)30-38)36-80-64-68-51-33-73(53-16-8-12-37-11-7-15-49(65)57(37)53)25-22-45(51)62(70-64)76-28-21-44-48(32-76)59(44)56(78)6-2/h5-9,11-12,14-19,38-40,43-44,47-48,58-59H,1-2,10,13,20-36H2,3-4H3/t38?,39-,40-,43+,44-,47-,48+,58?,59?/m0/s1. The number of aromatic nitrogens is 4. The molecule has 6 aliphatic heterocycles. The second-order valence-electron chi connectivity index (χ2n) is 24.1. The highest BCUT2D eigenvalue weighted by molar-refractivity contribution is 6.37. The Bertz CT molecular complexity index is 3480. The molecule has 4 saturated heterocycles. The van der Waals surface area contributed by atoms with E-state index in [-0.39, 0.29) is 35.4 Å². The van der Waals surface area contributed by atoms with Crippen LogP contribution in [-0.4, -0.2) is 133 Å². The van der Waals surface area contributed by atoms with E-state index in [0.29, 0.717) is 68.0 Å². The number of nitrogens with zero attached hydrogens (tertiary/aromatic N) is 10. The van der Waals surface area contributed by atoms with Gasteiger partial charge >= 0.3 is 12.0 Å². The first kappa shape index (κ1) is 51.8. The second-order valence-corrected chi connectivity index (χ2v) is 24.9. The van der Waals surface area contributed by atoms with E-state index in [4.69, 9.17) is 52.6 Å². The third-order valence-electron chi connectivity index (χ3n) is 19.8. The van der Waals surface area contributed by atoms with Crippen LogP contribution in [0.5, 0.6) is 12.0 Å². The number of hydrogen-bond donors (Lipinski definition) is 0. The van der Waals surface area contributed by atoms with E-state index in [9.17, 15) is 9.59 Å². The number of carbonyl (C=O) groups excluding carboxylic acids is 2. The van der Waals surface area contributed by atoms with Crippen LogP contribution in [0.4, 0.5) is 23.0 Å². The van der Waals surface area contributed by atoms with Gasteiger partial charge < -0.3 is 34.0 Å². The van der Waals surface area contributed by atoms with Gasteiger partial charge in [-0.05, 0) is 148 Å². The van der Waals surface area contributed by atoms with E-state index < -0.39 is 0 Å². The van der Waals surface area contributed by atoms with Crippen LogP contribution in [0.3, 0.4) is 0 Å². The van der Waals surface area contributed by atoms with Crippen LogP contribution in [0.25, 0.3) is 21.5 Å². The van der Waals surface area contributed by atoms with Gasteiger partial charge in [-0.1, -0.05) is 78.8 Å². The van der Waals surface area contributed by atoms with Gasteiger partial charge in [0.1, 0.15) is 24.8 Å². The van der Waals surface area contributed by atoms with Crippen molar-refractivity contribution >= 4 is 79.3 Å². The molecule has 0 amide bonds. The average Bonchev–Trinajstić information content (AvgIpc) is 4.45. The molecule has 0 spiro atoms. The fourth-order valence-corrected chi connectivity index (χ4v) is 15.9. The number of piperidine rings is 2. The van der Waals surface area contributed by atoms with Gasteiger partial charge in [-0.3, -0.25) is 14.5 Å². The van der Waals surface area contributed by atoms with E-state index in [0.717, 1.165) is 157 Å². The Labute approximate surface area is 478 Å². The van der Waals surface area contributed by atoms with E-state index in [2.05, 4.69) is 111 Å². The van der Waals surface area contributed by atoms with E-state index in [1.165, 1.54) is 35.1 Å². The molecule has 2 saturated carbocycles. The maximum absolute atomic E-state index is 12.8. The lowest BCUT2D eigenvalue weighted by atomic mass is 9.90. The normalized spacial score (nSPS) is 27.1. The molecular formula is C64H70Cl2N10O4. The number of allylic oxidation sites excluding steroid dienone is 2. The molecule has 0 N–H and O–H groups in total. The van der Waals surface area contributed by atoms with Gasteiger partial charge in [0.15, 0.2) is 11.6 Å². The molecule has 9 atom stereocenters. The largest absolute Gasteiger partial charge is 0.462 e. The lowest BCUT2D eigenvalue weighted by Crippen LogP contribution is -2.37. The Morgan fingerprint density at radius 2 is 1.16 bits per heavy atom. The number of anilines is 4. The van der Waals surface area contributed by atoms with Crippen LogP contribution in [-0.2, 0) is 35.5 Å². The number of likely N-dealkylation sites (tertiary alicyclic amines) is 2. The molecule has 8 aliphatic rings. The van der Waals surface area contributed by atoms with Crippen molar-refractivity contribution in [3.05, 3.63) is 130 Å². The Hall–Kier alpha value is -6.32. The lowest BCUT2D eigenvalue weighted by molar-refractivity contribution is -0.117. The zero-order valence-electron chi connectivity index (χ0n) is 45.9. The summed E-state index contributed by atoms with van der Waals surface area (Å²) < 4.78 is 13.3. The first-order valence-corrected chi connectivity index (χ1v) is 29.9. The number of ketones is 2. The molecule has 6 fully saturated rings. The van der Waals surface area contributed by atoms with Gasteiger partial charge in [0, 0.05) is 103 Å². The van der Waals surface area contributed by atoms with E-state index in [1.807, 2.05) is 12.1 Å². The molecule has 14 rings (SSSR count). The summed E-state index contributed by atoms with van der Waals surface area (Å²) in [7, 11) is 4.36. The average molecular weight is 1110 g/mol. The highest BCUT2D eigenvalue weighted by Crippen LogP contribution is 2.55. The molecule has 414 valence electrons. The molecule has 2 aromatic heterocycles. The van der Waals surface area contributed by atoms with Crippen molar-refractivity contribution in [2.45, 2.75) is 76.0 Å². The Kier molecular flexibility index (Phi) is 13.5. The predicted molar refractivity (Wildman–Crippen MR) is 317 cm³/mol. The van der Waals surface area contributed by atoms with Gasteiger partial charge in [-0.15, -0.1) is 0 Å². The summed E-state index contributed by atoms with van der Waals surface area (Å²) in [4.78, 5) is 60.8. The van der Waals surface area contributed by atoms with Gasteiger partial charge in [-0.2, -0.15) is 19.9 Å². The molecule has 6 aromatic rings. The second kappa shape index (κ2) is 20.9. The number of rotatable bonds is 15. The number of benzene rings is 4. The smallest absolute Gasteiger partial charge is 0.318 e. The Morgan fingerprint density at radius 3 is 1.75 bits per heavy atom. The summed E-state index contributed by atoms with van der Waals surface area (Å²) in [5, 5.41) is 5.86. The van der Waals surface area contributed by atoms with Crippen molar-refractivity contribution in [1.82, 2.24) is 29.7 Å². The van der Waals surface area contributed by atoms with Crippen molar-refractivity contribution in [2.75, 3.05) is 99.3 Å². The summed E-state index contributed by atoms with van der Waals surface area (Å²) in [6.45, 7) is 16.6. The molecule has 80 heavy (non-hydrogen) atoms. The third kappa shape index (κ3) is 9.26. The number of hydrogen-bond acceptors (Lipinski definition) is 14. The minimum Gasteiger partial charge on any atom is -0.462 e. The predicted octanol–water partition coefficient (Wildman–Crippen LogP) is 10.00. The van der Waals surface area contributed by atoms with Crippen molar-refractivity contribution in [3.8, 4) is 12.0 Å². The summed E-state index contributed by atoms with van der Waals surface area (Å²) in [6.07, 6.45) is 9.67. The molecule has 14 nitrogen and oxygen atoms in total. The number of ether oxygens (including phenoxy) is 2. The molecule has 2 aliphatic carbocycles. The topological polar surface area (TPSA) is 124 Å². The first-order valence-electron chi connectivity index (χ1n) is 29.2. The molecule has 0 bridgehead atoms. The van der Waals surface area contributed by atoms with Crippen molar-refractivity contribution in [1.29, 1.82) is 0 Å². The molecule has 4 aromatic carbocycles. The Balaban J connectivity index is 0.715. The number of carbonyl (C=O) groups is 2. The fourth-order valence-electron chi connectivity index (χ4n) is 15.4. The quantitative estimate of drug-likeness (QED) is 0.0907. The first-order chi connectivity index (χ1) is 39.0. The van der Waals surface area contributed by atoms with Crippen molar-refractivity contribution < 1.29 is 19.1 Å². The van der Waals surface area contributed by atoms with Crippen molar-refractivity contribution in [2.24, 2.45) is 35.5 Å². The Morgan fingerprint density at radius 1 is 0.600 bits per heavy atom. The third-order valence-corrected chi connectivity index (χ3v) is 20.4. The maximum atomic E-state index is 12.8. The zero-order valence-corrected chi connectivity index (χ0v) is 47.4. The summed E-state index contributed by atoms with van der Waals surface area (Å²) in [6, 6.07) is 24.7. The van der Waals surface area contributed by atoms with Gasteiger partial charge in [0.25, 0.3) is 0 Å². The minimum atomic E-state index is 0.0590. The molecule has 16 heteroatoms. The van der Waals surface area contributed by atoms with Crippen molar-refractivity contribution in [3.63, 3.8) is 0 Å². The number of likely N-dealkylation sites (N-methyl/N-ethyl adjacent to an activating group) is 2. The van der Waals surface area contributed by atoms with E-state index >= 15 is 0 Å². The zero-order chi connectivity index (χ0) is 54.5.